The van der Waals surface area contributed by atoms with Gasteiger partial charge in [0, 0.05) is 0 Å². The molecule has 1 nitrogen and oxygen atoms in total. The predicted molar refractivity (Wildman–Crippen MR) is 69.2 cm³/mol. The maximum atomic E-state index is 3.51. The van der Waals surface area contributed by atoms with Crippen LogP contribution in [-0.2, 0) is 0 Å². The average Bonchev–Trinajstić information content (AvgIpc) is 2.08. The van der Waals surface area contributed by atoms with Crippen LogP contribution in [0.3, 0.4) is 0 Å². The van der Waals surface area contributed by atoms with Crippen molar-refractivity contribution in [1.82, 2.24) is 5.32 Å². The molecule has 0 unspecified atom stereocenters. The first kappa shape index (κ1) is 14.3. The summed E-state index contributed by atoms with van der Waals surface area (Å²) in [4.78, 5) is 0. The van der Waals surface area contributed by atoms with Crippen molar-refractivity contribution < 1.29 is 0 Å². The second-order valence-electron chi connectivity index (χ2n) is 5.11. The molecule has 0 rings (SSSR count). The van der Waals surface area contributed by atoms with Crippen LogP contribution in [0.2, 0.25) is 0 Å². The molecule has 0 saturated heterocycles. The van der Waals surface area contributed by atoms with Crippen molar-refractivity contribution in [1.29, 1.82) is 0 Å². The molecule has 0 aliphatic heterocycles. The third-order valence-electron chi connectivity index (χ3n) is 2.25. The fourth-order valence-corrected chi connectivity index (χ4v) is 1.75. The minimum atomic E-state index is 0.478. The Morgan fingerprint density at radius 2 is 1.71 bits per heavy atom. The second kappa shape index (κ2) is 8.60. The lowest BCUT2D eigenvalue weighted by Crippen LogP contribution is -2.21. The number of hydrogen-bond donors (Lipinski definition) is 1. The van der Waals surface area contributed by atoms with Crippen LogP contribution in [0, 0.1) is 5.41 Å². The van der Waals surface area contributed by atoms with Gasteiger partial charge in [0.15, 0.2) is 0 Å². The van der Waals surface area contributed by atoms with Gasteiger partial charge in [-0.15, -0.1) is 0 Å². The fraction of sp³-hybridized carbons (Fsp3) is 1.00. The Balaban J connectivity index is 2.99. The summed E-state index contributed by atoms with van der Waals surface area (Å²) in [7, 11) is 0. The van der Waals surface area contributed by atoms with E-state index in [1.165, 1.54) is 44.5 Å². The fourth-order valence-electron chi connectivity index (χ4n) is 1.26. The smallest absolute Gasteiger partial charge is 0.00439 e. The lowest BCUT2D eigenvalue weighted by atomic mass is 9.92. The molecule has 1 N–H and O–H groups in total. The summed E-state index contributed by atoms with van der Waals surface area (Å²) in [6.45, 7) is 9.27. The van der Waals surface area contributed by atoms with Crippen LogP contribution in [0.1, 0.15) is 46.5 Å². The van der Waals surface area contributed by atoms with Gasteiger partial charge >= 0.3 is 0 Å². The Morgan fingerprint density at radius 3 is 2.29 bits per heavy atom. The van der Waals surface area contributed by atoms with Crippen LogP contribution in [0.15, 0.2) is 0 Å². The Kier molecular flexibility index (Phi) is 8.80. The molecule has 0 atom stereocenters. The molecular formula is C12H27NS. The maximum absolute atomic E-state index is 3.51. The van der Waals surface area contributed by atoms with Gasteiger partial charge in [-0.3, -0.25) is 0 Å². The summed E-state index contributed by atoms with van der Waals surface area (Å²) in [5.41, 5.74) is 0.478. The summed E-state index contributed by atoms with van der Waals surface area (Å²) < 4.78 is 0. The Hall–Kier alpha value is 0.310. The zero-order valence-corrected chi connectivity index (χ0v) is 11.2. The molecule has 0 heterocycles. The van der Waals surface area contributed by atoms with Gasteiger partial charge in [0.2, 0.25) is 0 Å². The van der Waals surface area contributed by atoms with E-state index >= 15 is 0 Å². The number of unbranched alkanes of at least 4 members (excludes halogenated alkanes) is 2. The summed E-state index contributed by atoms with van der Waals surface area (Å²) in [5.74, 6) is 1.32. The van der Waals surface area contributed by atoms with E-state index in [-0.39, 0.29) is 0 Å². The predicted octanol–water partition coefficient (Wildman–Crippen LogP) is 3.55. The topological polar surface area (TPSA) is 12.0 Å². The van der Waals surface area contributed by atoms with Crippen molar-refractivity contribution in [2.75, 3.05) is 25.1 Å². The molecular weight excluding hydrogens is 190 g/mol. The molecule has 86 valence electrons. The van der Waals surface area contributed by atoms with E-state index in [2.05, 4.69) is 32.3 Å². The zero-order chi connectivity index (χ0) is 10.9. The van der Waals surface area contributed by atoms with Crippen molar-refractivity contribution >= 4 is 11.8 Å². The molecule has 0 spiro atoms. The van der Waals surface area contributed by atoms with Gasteiger partial charge in [-0.05, 0) is 49.8 Å². The highest BCUT2D eigenvalue weighted by Crippen LogP contribution is 2.16. The van der Waals surface area contributed by atoms with E-state index in [0.717, 1.165) is 0 Å². The Morgan fingerprint density at radius 1 is 1.00 bits per heavy atom. The third kappa shape index (κ3) is 12.3. The normalized spacial score (nSPS) is 12.0. The first-order chi connectivity index (χ1) is 6.56. The molecule has 0 bridgehead atoms. The van der Waals surface area contributed by atoms with E-state index < -0.39 is 0 Å². The molecule has 0 radical (unpaired) electrons. The summed E-state index contributed by atoms with van der Waals surface area (Å²) in [6.07, 6.45) is 7.55. The van der Waals surface area contributed by atoms with Crippen molar-refractivity contribution in [3.63, 3.8) is 0 Å². The van der Waals surface area contributed by atoms with Crippen molar-refractivity contribution in [3.8, 4) is 0 Å². The second-order valence-corrected chi connectivity index (χ2v) is 6.10. The van der Waals surface area contributed by atoms with E-state index in [9.17, 15) is 0 Å². The first-order valence-electron chi connectivity index (χ1n) is 5.76. The monoisotopic (exact) mass is 217 g/mol. The Bertz CT molecular complexity index is 118. The highest BCUT2D eigenvalue weighted by atomic mass is 32.2. The highest BCUT2D eigenvalue weighted by molar-refractivity contribution is 7.98. The van der Waals surface area contributed by atoms with Crippen LogP contribution < -0.4 is 5.32 Å². The largest absolute Gasteiger partial charge is 0.317 e. The van der Waals surface area contributed by atoms with Crippen LogP contribution in [0.4, 0.5) is 0 Å². The molecule has 0 aromatic heterocycles. The number of hydrogen-bond acceptors (Lipinski definition) is 2. The lowest BCUT2D eigenvalue weighted by molar-refractivity contribution is 0.366. The SMILES string of the molecule is CSCCCCCNCCC(C)(C)C. The summed E-state index contributed by atoms with van der Waals surface area (Å²) >= 11 is 1.95. The minimum Gasteiger partial charge on any atom is -0.317 e. The average molecular weight is 217 g/mol. The molecule has 0 saturated carbocycles. The van der Waals surface area contributed by atoms with Gasteiger partial charge in [0.25, 0.3) is 0 Å². The van der Waals surface area contributed by atoms with Crippen LogP contribution in [-0.4, -0.2) is 25.1 Å². The van der Waals surface area contributed by atoms with Gasteiger partial charge in [0.05, 0.1) is 0 Å². The molecule has 2 heteroatoms. The van der Waals surface area contributed by atoms with Crippen LogP contribution in [0.25, 0.3) is 0 Å². The highest BCUT2D eigenvalue weighted by Gasteiger charge is 2.08. The standard InChI is InChI=1S/C12H27NS/c1-12(2,3)8-10-13-9-6-5-7-11-14-4/h13H,5-11H2,1-4H3. The van der Waals surface area contributed by atoms with Gasteiger partial charge in [0.1, 0.15) is 0 Å². The Labute approximate surface area is 94.4 Å². The van der Waals surface area contributed by atoms with E-state index in [0.29, 0.717) is 5.41 Å². The van der Waals surface area contributed by atoms with Crippen molar-refractivity contribution in [2.45, 2.75) is 46.5 Å². The molecule has 0 aliphatic rings. The van der Waals surface area contributed by atoms with Gasteiger partial charge in [-0.2, -0.15) is 11.8 Å². The molecule has 14 heavy (non-hydrogen) atoms. The minimum absolute atomic E-state index is 0.478. The molecule has 0 aliphatic carbocycles. The number of nitrogens with one attached hydrogen (secondary N) is 1. The maximum Gasteiger partial charge on any atom is -0.00439 e. The molecule has 0 aromatic carbocycles. The van der Waals surface area contributed by atoms with E-state index in [1.54, 1.807) is 0 Å². The van der Waals surface area contributed by atoms with E-state index in [1.807, 2.05) is 11.8 Å². The molecule has 0 fully saturated rings. The summed E-state index contributed by atoms with van der Waals surface area (Å²) in [5, 5.41) is 3.51. The van der Waals surface area contributed by atoms with Gasteiger partial charge in [-0.1, -0.05) is 27.2 Å². The number of thioether (sulfide) groups is 1. The quantitative estimate of drug-likeness (QED) is 0.624. The first-order valence-corrected chi connectivity index (χ1v) is 7.15. The van der Waals surface area contributed by atoms with Crippen molar-refractivity contribution in [3.05, 3.63) is 0 Å². The molecule has 0 amide bonds. The van der Waals surface area contributed by atoms with Crippen LogP contribution >= 0.6 is 11.8 Å². The zero-order valence-electron chi connectivity index (χ0n) is 10.4. The number of rotatable bonds is 8. The lowest BCUT2D eigenvalue weighted by Gasteiger charge is -2.17. The van der Waals surface area contributed by atoms with Crippen LogP contribution in [0.5, 0.6) is 0 Å². The van der Waals surface area contributed by atoms with E-state index in [4.69, 9.17) is 0 Å². The van der Waals surface area contributed by atoms with Gasteiger partial charge < -0.3 is 5.32 Å². The van der Waals surface area contributed by atoms with Crippen molar-refractivity contribution in [2.24, 2.45) is 5.41 Å². The third-order valence-corrected chi connectivity index (χ3v) is 2.95. The van der Waals surface area contributed by atoms with Gasteiger partial charge in [-0.25, -0.2) is 0 Å². The molecule has 0 aromatic rings. The summed E-state index contributed by atoms with van der Waals surface area (Å²) in [6, 6.07) is 0.